The van der Waals surface area contributed by atoms with Crippen molar-refractivity contribution >= 4 is 23.0 Å². The van der Waals surface area contributed by atoms with Crippen LogP contribution in [-0.2, 0) is 0 Å². The highest BCUT2D eigenvalue weighted by molar-refractivity contribution is 6.05. The third kappa shape index (κ3) is 2.54. The molecule has 3 rings (SSSR count). The molecule has 2 heterocycles. The van der Waals surface area contributed by atoms with E-state index in [-0.39, 0.29) is 5.91 Å². The zero-order valence-electron chi connectivity index (χ0n) is 11.9. The van der Waals surface area contributed by atoms with E-state index < -0.39 is 5.91 Å². The molecule has 6 nitrogen and oxygen atoms in total. The van der Waals surface area contributed by atoms with Crippen LogP contribution in [0.25, 0.3) is 5.52 Å². The number of benzene rings is 1. The zero-order chi connectivity index (χ0) is 15.7. The molecule has 2 amide bonds. The Bertz CT molecular complexity index is 883. The van der Waals surface area contributed by atoms with Crippen LogP contribution in [-0.4, -0.2) is 21.2 Å². The number of nitrogens with two attached hydrogens (primary N) is 1. The van der Waals surface area contributed by atoms with E-state index >= 15 is 0 Å². The summed E-state index contributed by atoms with van der Waals surface area (Å²) in [7, 11) is 0. The fraction of sp³-hybridized carbons (Fsp3) is 0.0625. The predicted molar refractivity (Wildman–Crippen MR) is 82.8 cm³/mol. The van der Waals surface area contributed by atoms with E-state index in [2.05, 4.69) is 10.3 Å². The maximum Gasteiger partial charge on any atom is 0.257 e. The molecule has 0 unspecified atom stereocenters. The third-order valence-electron chi connectivity index (χ3n) is 3.44. The Morgan fingerprint density at radius 3 is 2.73 bits per heavy atom. The van der Waals surface area contributed by atoms with E-state index in [1.165, 1.54) is 0 Å². The summed E-state index contributed by atoms with van der Waals surface area (Å²) in [5, 5.41) is 2.80. The lowest BCUT2D eigenvalue weighted by molar-refractivity contribution is 0.0996. The minimum Gasteiger partial charge on any atom is -0.366 e. The van der Waals surface area contributed by atoms with Crippen molar-refractivity contribution in [2.75, 3.05) is 5.32 Å². The zero-order valence-corrected chi connectivity index (χ0v) is 11.9. The largest absolute Gasteiger partial charge is 0.366 e. The van der Waals surface area contributed by atoms with Crippen LogP contribution in [0, 0.1) is 6.92 Å². The van der Waals surface area contributed by atoms with E-state index in [4.69, 9.17) is 5.73 Å². The number of anilines is 1. The minimum absolute atomic E-state index is 0.264. The van der Waals surface area contributed by atoms with Crippen molar-refractivity contribution < 1.29 is 9.59 Å². The van der Waals surface area contributed by atoms with Crippen LogP contribution in [0.15, 0.2) is 49.1 Å². The molecule has 6 heteroatoms. The number of imidazole rings is 1. The van der Waals surface area contributed by atoms with Gasteiger partial charge in [0, 0.05) is 17.4 Å². The van der Waals surface area contributed by atoms with Crippen molar-refractivity contribution in [2.45, 2.75) is 6.92 Å². The van der Waals surface area contributed by atoms with Gasteiger partial charge in [0.05, 0.1) is 23.6 Å². The molecule has 0 fully saturated rings. The SMILES string of the molecule is Cc1ccc(C(N)=O)cc1NC(=O)c1ccc2cncn2c1. The number of rotatable bonds is 3. The lowest BCUT2D eigenvalue weighted by atomic mass is 10.1. The molecule has 0 bridgehead atoms. The molecule has 0 aliphatic rings. The number of amides is 2. The van der Waals surface area contributed by atoms with Gasteiger partial charge >= 0.3 is 0 Å². The summed E-state index contributed by atoms with van der Waals surface area (Å²) in [6.45, 7) is 1.85. The van der Waals surface area contributed by atoms with Gasteiger partial charge in [-0.25, -0.2) is 4.98 Å². The van der Waals surface area contributed by atoms with Gasteiger partial charge in [0.25, 0.3) is 5.91 Å². The highest BCUT2D eigenvalue weighted by atomic mass is 16.2. The topological polar surface area (TPSA) is 89.5 Å². The Morgan fingerprint density at radius 1 is 1.18 bits per heavy atom. The quantitative estimate of drug-likeness (QED) is 0.774. The van der Waals surface area contributed by atoms with Gasteiger partial charge in [-0.05, 0) is 36.8 Å². The second-order valence-corrected chi connectivity index (χ2v) is 4.99. The van der Waals surface area contributed by atoms with E-state index in [0.29, 0.717) is 16.8 Å². The first kappa shape index (κ1) is 13.8. The molecular weight excluding hydrogens is 280 g/mol. The minimum atomic E-state index is -0.532. The van der Waals surface area contributed by atoms with Gasteiger partial charge in [-0.2, -0.15) is 0 Å². The summed E-state index contributed by atoms with van der Waals surface area (Å²) in [6.07, 6.45) is 5.04. The second kappa shape index (κ2) is 5.33. The predicted octanol–water partition coefficient (Wildman–Crippen LogP) is 1.99. The Morgan fingerprint density at radius 2 is 1.95 bits per heavy atom. The molecule has 22 heavy (non-hydrogen) atoms. The number of primary amides is 1. The number of nitrogens with one attached hydrogen (secondary N) is 1. The molecule has 0 saturated carbocycles. The first-order valence-electron chi connectivity index (χ1n) is 6.68. The summed E-state index contributed by atoms with van der Waals surface area (Å²) >= 11 is 0. The van der Waals surface area contributed by atoms with Crippen LogP contribution in [0.4, 0.5) is 5.69 Å². The first-order valence-corrected chi connectivity index (χ1v) is 6.68. The molecular formula is C16H14N4O2. The highest BCUT2D eigenvalue weighted by Gasteiger charge is 2.10. The van der Waals surface area contributed by atoms with Crippen molar-refractivity contribution in [1.29, 1.82) is 0 Å². The van der Waals surface area contributed by atoms with E-state index in [1.54, 1.807) is 47.4 Å². The maximum atomic E-state index is 12.4. The number of hydrogen-bond acceptors (Lipinski definition) is 3. The highest BCUT2D eigenvalue weighted by Crippen LogP contribution is 2.18. The molecule has 0 saturated heterocycles. The molecule has 0 radical (unpaired) electrons. The van der Waals surface area contributed by atoms with Gasteiger partial charge in [0.1, 0.15) is 0 Å². The fourth-order valence-electron chi connectivity index (χ4n) is 2.16. The van der Waals surface area contributed by atoms with Crippen LogP contribution >= 0.6 is 0 Å². The van der Waals surface area contributed by atoms with Crippen molar-refractivity contribution in [3.05, 3.63) is 65.7 Å². The van der Waals surface area contributed by atoms with Crippen molar-refractivity contribution in [3.8, 4) is 0 Å². The number of carbonyl (C=O) groups excluding carboxylic acids is 2. The Balaban J connectivity index is 1.90. The summed E-state index contributed by atoms with van der Waals surface area (Å²) in [5.74, 6) is -0.796. The van der Waals surface area contributed by atoms with Gasteiger partial charge in [-0.3, -0.25) is 9.59 Å². The van der Waals surface area contributed by atoms with Crippen molar-refractivity contribution in [2.24, 2.45) is 5.73 Å². The first-order chi connectivity index (χ1) is 10.5. The molecule has 3 aromatic rings. The van der Waals surface area contributed by atoms with Crippen LogP contribution in [0.2, 0.25) is 0 Å². The van der Waals surface area contributed by atoms with Crippen LogP contribution in [0.5, 0.6) is 0 Å². The Hall–Kier alpha value is -3.15. The summed E-state index contributed by atoms with van der Waals surface area (Å²) in [6, 6.07) is 8.49. The van der Waals surface area contributed by atoms with Gasteiger partial charge < -0.3 is 15.5 Å². The average Bonchev–Trinajstić information content (AvgIpc) is 2.96. The molecule has 110 valence electrons. The fourth-order valence-corrected chi connectivity index (χ4v) is 2.16. The smallest absolute Gasteiger partial charge is 0.257 e. The molecule has 0 aliphatic heterocycles. The number of hydrogen-bond donors (Lipinski definition) is 2. The lowest BCUT2D eigenvalue weighted by Crippen LogP contribution is -2.15. The van der Waals surface area contributed by atoms with Crippen molar-refractivity contribution in [3.63, 3.8) is 0 Å². The molecule has 0 aliphatic carbocycles. The number of nitrogens with zero attached hydrogens (tertiary/aromatic N) is 2. The summed E-state index contributed by atoms with van der Waals surface area (Å²) in [5.41, 5.74) is 8.43. The van der Waals surface area contributed by atoms with Gasteiger partial charge in [-0.15, -0.1) is 0 Å². The number of aromatic nitrogens is 2. The van der Waals surface area contributed by atoms with Gasteiger partial charge in [0.15, 0.2) is 0 Å². The maximum absolute atomic E-state index is 12.4. The number of pyridine rings is 1. The summed E-state index contributed by atoms with van der Waals surface area (Å²) in [4.78, 5) is 27.6. The third-order valence-corrected chi connectivity index (χ3v) is 3.44. The molecule has 0 atom stereocenters. The summed E-state index contributed by atoms with van der Waals surface area (Å²) < 4.78 is 1.77. The Labute approximate surface area is 126 Å². The normalized spacial score (nSPS) is 10.6. The van der Waals surface area contributed by atoms with E-state index in [1.807, 2.05) is 13.0 Å². The number of fused-ring (bicyclic) bond motifs is 1. The standard InChI is InChI=1S/C16H14N4O2/c1-10-2-3-11(15(17)21)6-14(10)19-16(22)12-4-5-13-7-18-9-20(13)8-12/h2-9H,1H3,(H2,17,21)(H,19,22). The molecule has 1 aromatic carbocycles. The van der Waals surface area contributed by atoms with Crippen molar-refractivity contribution in [1.82, 2.24) is 9.38 Å². The van der Waals surface area contributed by atoms with E-state index in [9.17, 15) is 9.59 Å². The second-order valence-electron chi connectivity index (χ2n) is 4.99. The lowest BCUT2D eigenvalue weighted by Gasteiger charge is -2.10. The van der Waals surface area contributed by atoms with Gasteiger partial charge in [-0.1, -0.05) is 6.07 Å². The van der Waals surface area contributed by atoms with Crippen LogP contribution in [0.1, 0.15) is 26.3 Å². The number of carbonyl (C=O) groups is 2. The van der Waals surface area contributed by atoms with Crippen LogP contribution < -0.4 is 11.1 Å². The monoisotopic (exact) mass is 294 g/mol. The average molecular weight is 294 g/mol. The molecule has 3 N–H and O–H groups in total. The number of aryl methyl sites for hydroxylation is 1. The molecule has 0 spiro atoms. The Kier molecular flexibility index (Phi) is 3.34. The van der Waals surface area contributed by atoms with E-state index in [0.717, 1.165) is 11.1 Å². The molecule has 2 aromatic heterocycles. The van der Waals surface area contributed by atoms with Crippen LogP contribution in [0.3, 0.4) is 0 Å². The van der Waals surface area contributed by atoms with Gasteiger partial charge in [0.2, 0.25) is 5.91 Å².